The van der Waals surface area contributed by atoms with Crippen LogP contribution in [0.2, 0.25) is 0 Å². The van der Waals surface area contributed by atoms with Gasteiger partial charge in [0.2, 0.25) is 0 Å². The molecule has 0 aliphatic heterocycles. The summed E-state index contributed by atoms with van der Waals surface area (Å²) >= 11 is 0. The molecular formula is C11H14F2O2. The fourth-order valence-corrected chi connectivity index (χ4v) is 1.44. The highest BCUT2D eigenvalue weighted by Crippen LogP contribution is 2.22. The van der Waals surface area contributed by atoms with E-state index in [0.717, 1.165) is 12.1 Å². The highest BCUT2D eigenvalue weighted by molar-refractivity contribution is 5.21. The SMILES string of the molecule is CC(CC(O)CO)c1ccc(F)c(F)c1. The highest BCUT2D eigenvalue weighted by Gasteiger charge is 2.13. The standard InChI is InChI=1S/C11H14F2O2/c1-7(4-9(15)6-14)8-2-3-10(12)11(13)5-8/h2-3,5,7,9,14-15H,4,6H2,1H3. The van der Waals surface area contributed by atoms with E-state index in [0.29, 0.717) is 12.0 Å². The summed E-state index contributed by atoms with van der Waals surface area (Å²) in [5.41, 5.74) is 0.612. The van der Waals surface area contributed by atoms with Crippen LogP contribution in [-0.2, 0) is 0 Å². The van der Waals surface area contributed by atoms with Crippen LogP contribution in [0.1, 0.15) is 24.8 Å². The molecule has 0 aromatic heterocycles. The van der Waals surface area contributed by atoms with Crippen molar-refractivity contribution in [1.82, 2.24) is 0 Å². The van der Waals surface area contributed by atoms with Crippen molar-refractivity contribution in [2.75, 3.05) is 6.61 Å². The summed E-state index contributed by atoms with van der Waals surface area (Å²) in [5.74, 6) is -1.89. The lowest BCUT2D eigenvalue weighted by Gasteiger charge is -2.15. The van der Waals surface area contributed by atoms with Gasteiger partial charge in [-0.25, -0.2) is 8.78 Å². The van der Waals surface area contributed by atoms with Crippen molar-refractivity contribution in [3.63, 3.8) is 0 Å². The number of aliphatic hydroxyl groups excluding tert-OH is 2. The average molecular weight is 216 g/mol. The topological polar surface area (TPSA) is 40.5 Å². The van der Waals surface area contributed by atoms with E-state index in [1.54, 1.807) is 6.92 Å². The van der Waals surface area contributed by atoms with Gasteiger partial charge in [-0.2, -0.15) is 0 Å². The van der Waals surface area contributed by atoms with E-state index in [-0.39, 0.29) is 12.5 Å². The summed E-state index contributed by atoms with van der Waals surface area (Å²) in [4.78, 5) is 0. The zero-order chi connectivity index (χ0) is 11.4. The largest absolute Gasteiger partial charge is 0.394 e. The van der Waals surface area contributed by atoms with Crippen molar-refractivity contribution < 1.29 is 19.0 Å². The number of aliphatic hydroxyl groups is 2. The Hall–Kier alpha value is -1.00. The van der Waals surface area contributed by atoms with E-state index < -0.39 is 17.7 Å². The first-order valence-electron chi connectivity index (χ1n) is 4.78. The van der Waals surface area contributed by atoms with Gasteiger partial charge in [0.15, 0.2) is 11.6 Å². The van der Waals surface area contributed by atoms with Crippen LogP contribution in [0.25, 0.3) is 0 Å². The fourth-order valence-electron chi connectivity index (χ4n) is 1.44. The van der Waals surface area contributed by atoms with E-state index in [4.69, 9.17) is 5.11 Å². The van der Waals surface area contributed by atoms with Gasteiger partial charge < -0.3 is 10.2 Å². The van der Waals surface area contributed by atoms with Gasteiger partial charge in [-0.15, -0.1) is 0 Å². The first-order valence-corrected chi connectivity index (χ1v) is 4.78. The van der Waals surface area contributed by atoms with Gasteiger partial charge in [0.05, 0.1) is 12.7 Å². The van der Waals surface area contributed by atoms with Crippen LogP contribution in [0, 0.1) is 11.6 Å². The number of benzene rings is 1. The second kappa shape index (κ2) is 5.19. The molecule has 1 aromatic rings. The molecule has 0 radical (unpaired) electrons. The number of rotatable bonds is 4. The van der Waals surface area contributed by atoms with Crippen LogP contribution >= 0.6 is 0 Å². The average Bonchev–Trinajstić information content (AvgIpc) is 2.21. The monoisotopic (exact) mass is 216 g/mol. The second-order valence-electron chi connectivity index (χ2n) is 3.65. The van der Waals surface area contributed by atoms with E-state index >= 15 is 0 Å². The quantitative estimate of drug-likeness (QED) is 0.805. The van der Waals surface area contributed by atoms with Gasteiger partial charge in [-0.1, -0.05) is 13.0 Å². The number of hydrogen-bond acceptors (Lipinski definition) is 2. The van der Waals surface area contributed by atoms with Crippen molar-refractivity contribution in [3.8, 4) is 0 Å². The Labute approximate surface area is 87.2 Å². The molecule has 1 aromatic carbocycles. The van der Waals surface area contributed by atoms with Gasteiger partial charge in [0.1, 0.15) is 0 Å². The molecule has 0 aliphatic rings. The smallest absolute Gasteiger partial charge is 0.159 e. The summed E-state index contributed by atoms with van der Waals surface area (Å²) in [6.45, 7) is 1.46. The summed E-state index contributed by atoms with van der Waals surface area (Å²) in [6, 6.07) is 3.66. The molecule has 0 amide bonds. The Morgan fingerprint density at radius 3 is 2.47 bits per heavy atom. The van der Waals surface area contributed by atoms with Crippen molar-refractivity contribution in [2.45, 2.75) is 25.4 Å². The zero-order valence-electron chi connectivity index (χ0n) is 8.45. The molecule has 0 fully saturated rings. The minimum Gasteiger partial charge on any atom is -0.394 e. The number of hydrogen-bond donors (Lipinski definition) is 2. The molecule has 15 heavy (non-hydrogen) atoms. The van der Waals surface area contributed by atoms with Crippen LogP contribution in [-0.4, -0.2) is 22.9 Å². The van der Waals surface area contributed by atoms with Crippen molar-refractivity contribution in [1.29, 1.82) is 0 Å². The molecule has 0 saturated carbocycles. The van der Waals surface area contributed by atoms with Crippen molar-refractivity contribution in [2.24, 2.45) is 0 Å². The normalized spacial score (nSPS) is 15.0. The summed E-state index contributed by atoms with van der Waals surface area (Å²) < 4.78 is 25.5. The minimum absolute atomic E-state index is 0.123. The van der Waals surface area contributed by atoms with Gasteiger partial charge >= 0.3 is 0 Å². The molecule has 4 heteroatoms. The Bertz CT molecular complexity index is 328. The van der Waals surface area contributed by atoms with Crippen LogP contribution < -0.4 is 0 Å². The minimum atomic E-state index is -0.891. The van der Waals surface area contributed by atoms with Crippen molar-refractivity contribution >= 4 is 0 Å². The Kier molecular flexibility index (Phi) is 4.17. The molecule has 0 bridgehead atoms. The van der Waals surface area contributed by atoms with Crippen molar-refractivity contribution in [3.05, 3.63) is 35.4 Å². The molecule has 0 aliphatic carbocycles. The third-order valence-electron chi connectivity index (χ3n) is 2.35. The number of halogens is 2. The molecule has 2 unspecified atom stereocenters. The Balaban J connectivity index is 2.73. The highest BCUT2D eigenvalue weighted by atomic mass is 19.2. The maximum Gasteiger partial charge on any atom is 0.159 e. The van der Waals surface area contributed by atoms with Gasteiger partial charge in [-0.05, 0) is 30.0 Å². The molecule has 1 rings (SSSR count). The summed E-state index contributed by atoms with van der Waals surface area (Å²) in [5, 5.41) is 17.8. The van der Waals surface area contributed by atoms with Crippen LogP contribution in [0.3, 0.4) is 0 Å². The van der Waals surface area contributed by atoms with Gasteiger partial charge in [-0.3, -0.25) is 0 Å². The predicted octanol–water partition coefficient (Wildman–Crippen LogP) is 1.81. The van der Waals surface area contributed by atoms with E-state index in [1.165, 1.54) is 6.07 Å². The Morgan fingerprint density at radius 1 is 1.27 bits per heavy atom. The molecule has 2 atom stereocenters. The Morgan fingerprint density at radius 2 is 1.93 bits per heavy atom. The molecule has 84 valence electrons. The van der Waals surface area contributed by atoms with E-state index in [2.05, 4.69) is 0 Å². The zero-order valence-corrected chi connectivity index (χ0v) is 8.45. The fraction of sp³-hybridized carbons (Fsp3) is 0.455. The van der Waals surface area contributed by atoms with E-state index in [9.17, 15) is 13.9 Å². The summed E-state index contributed by atoms with van der Waals surface area (Å²) in [7, 11) is 0. The lowest BCUT2D eigenvalue weighted by molar-refractivity contribution is 0.0835. The lowest BCUT2D eigenvalue weighted by atomic mass is 9.95. The second-order valence-corrected chi connectivity index (χ2v) is 3.65. The molecule has 0 heterocycles. The van der Waals surface area contributed by atoms with Crippen LogP contribution in [0.4, 0.5) is 8.78 Å². The molecule has 2 N–H and O–H groups in total. The first-order chi connectivity index (χ1) is 7.04. The molecular weight excluding hydrogens is 202 g/mol. The summed E-state index contributed by atoms with van der Waals surface area (Å²) in [6.07, 6.45) is -0.505. The maximum atomic E-state index is 12.9. The molecule has 2 nitrogen and oxygen atoms in total. The van der Waals surface area contributed by atoms with Gasteiger partial charge in [0.25, 0.3) is 0 Å². The van der Waals surface area contributed by atoms with Gasteiger partial charge in [0, 0.05) is 0 Å². The van der Waals surface area contributed by atoms with Crippen LogP contribution in [0.5, 0.6) is 0 Å². The molecule has 0 saturated heterocycles. The predicted molar refractivity (Wildman–Crippen MR) is 52.5 cm³/mol. The lowest BCUT2D eigenvalue weighted by Crippen LogP contribution is -2.15. The third-order valence-corrected chi connectivity index (χ3v) is 2.35. The molecule has 0 spiro atoms. The first kappa shape index (κ1) is 12.1. The third kappa shape index (κ3) is 3.25. The van der Waals surface area contributed by atoms with Crippen LogP contribution in [0.15, 0.2) is 18.2 Å². The maximum absolute atomic E-state index is 12.9. The van der Waals surface area contributed by atoms with E-state index in [1.807, 2.05) is 0 Å².